The Morgan fingerprint density at radius 1 is 1.52 bits per heavy atom. The van der Waals surface area contributed by atoms with Crippen LogP contribution >= 0.6 is 7.82 Å². The molecule has 14 heteroatoms. The molecule has 0 saturated carbocycles. The molecule has 1 aromatic heterocycles. The molecule has 0 aliphatic carbocycles. The smallest absolute Gasteiger partial charge is 0.390 e. The van der Waals surface area contributed by atoms with Gasteiger partial charge in [-0.05, 0) is 4.92 Å². The summed E-state index contributed by atoms with van der Waals surface area (Å²) in [6.07, 6.45) is 2.44. The van der Waals surface area contributed by atoms with Crippen LogP contribution in [-0.4, -0.2) is 51.6 Å². The largest absolute Gasteiger partial charge is 0.469 e. The summed E-state index contributed by atoms with van der Waals surface area (Å²) in [7, 11) is -8.41. The molecule has 0 unspecified atom stereocenters. The van der Waals surface area contributed by atoms with Gasteiger partial charge in [0.1, 0.15) is 12.4 Å². The first-order chi connectivity index (χ1) is 9.61. The van der Waals surface area contributed by atoms with Crippen molar-refractivity contribution >= 4 is 23.8 Å². The molecular formula is C7H13N4O8PS. The Bertz CT molecular complexity index is 637. The molecule has 3 N–H and O–H groups in total. The summed E-state index contributed by atoms with van der Waals surface area (Å²) in [6, 6.07) is 0. The molecule has 1 rings (SSSR count). The number of rotatable bonds is 9. The number of nitro groups is 1. The number of sulfonamides is 1. The van der Waals surface area contributed by atoms with Crippen LogP contribution in [0.2, 0.25) is 0 Å². The molecule has 0 spiro atoms. The van der Waals surface area contributed by atoms with Crippen molar-refractivity contribution in [2.24, 2.45) is 0 Å². The van der Waals surface area contributed by atoms with Crippen LogP contribution in [-0.2, 0) is 25.7 Å². The van der Waals surface area contributed by atoms with E-state index in [1.54, 1.807) is 0 Å². The van der Waals surface area contributed by atoms with Gasteiger partial charge in [0.05, 0.1) is 18.9 Å². The van der Waals surface area contributed by atoms with Gasteiger partial charge in [0.25, 0.3) is 0 Å². The minimum Gasteiger partial charge on any atom is -0.390 e. The van der Waals surface area contributed by atoms with Crippen LogP contribution in [0.4, 0.5) is 5.95 Å². The van der Waals surface area contributed by atoms with Crippen LogP contribution in [0, 0.1) is 10.1 Å². The lowest BCUT2D eigenvalue weighted by atomic mass is 10.7. The summed E-state index contributed by atoms with van der Waals surface area (Å²) < 4.78 is 40.7. The zero-order valence-electron chi connectivity index (χ0n) is 10.5. The van der Waals surface area contributed by atoms with Crippen LogP contribution in [0.1, 0.15) is 0 Å². The Labute approximate surface area is 119 Å². The number of hydrogen-bond acceptors (Lipinski definition) is 7. The van der Waals surface area contributed by atoms with Crippen molar-refractivity contribution in [1.29, 1.82) is 0 Å². The molecule has 0 saturated heterocycles. The number of nitrogens with zero attached hydrogens (tertiary/aromatic N) is 3. The van der Waals surface area contributed by atoms with Crippen LogP contribution in [0.3, 0.4) is 0 Å². The second-order valence-electron chi connectivity index (χ2n) is 3.71. The molecule has 0 aliphatic rings. The zero-order valence-corrected chi connectivity index (χ0v) is 12.2. The Morgan fingerprint density at radius 3 is 2.76 bits per heavy atom. The van der Waals surface area contributed by atoms with Crippen molar-refractivity contribution < 1.29 is 32.2 Å². The van der Waals surface area contributed by atoms with Crippen LogP contribution in [0.15, 0.2) is 12.4 Å². The number of aromatic nitrogens is 2. The Hall–Kier alpha value is -1.37. The van der Waals surface area contributed by atoms with Gasteiger partial charge in [-0.3, -0.25) is 4.52 Å². The predicted molar refractivity (Wildman–Crippen MR) is 68.7 cm³/mol. The minimum absolute atomic E-state index is 0.189. The number of nitrogens with one attached hydrogen (secondary N) is 1. The monoisotopic (exact) mass is 344 g/mol. The molecular weight excluding hydrogens is 331 g/mol. The van der Waals surface area contributed by atoms with Gasteiger partial charge < -0.3 is 19.9 Å². The van der Waals surface area contributed by atoms with E-state index in [-0.39, 0.29) is 13.1 Å². The van der Waals surface area contributed by atoms with E-state index >= 15 is 0 Å². The second kappa shape index (κ2) is 7.06. The van der Waals surface area contributed by atoms with E-state index < -0.39 is 41.1 Å². The number of phosphoric ester groups is 1. The molecule has 12 nitrogen and oxygen atoms in total. The van der Waals surface area contributed by atoms with Gasteiger partial charge in [-0.15, -0.1) is 0 Å². The molecule has 21 heavy (non-hydrogen) atoms. The van der Waals surface area contributed by atoms with E-state index in [0.29, 0.717) is 0 Å². The maximum absolute atomic E-state index is 11.6. The van der Waals surface area contributed by atoms with E-state index in [4.69, 9.17) is 9.79 Å². The fourth-order valence-electron chi connectivity index (χ4n) is 1.30. The SMILES string of the molecule is O=[N+]([O-])c1nccn1CCS(=O)(=O)NCCOP(=O)(O)O. The highest BCUT2D eigenvalue weighted by atomic mass is 32.2. The Kier molecular flexibility index (Phi) is 5.95. The van der Waals surface area contributed by atoms with Crippen molar-refractivity contribution in [3.63, 3.8) is 0 Å². The number of phosphoric acid groups is 1. The average molecular weight is 344 g/mol. The van der Waals surface area contributed by atoms with E-state index in [0.717, 1.165) is 4.57 Å². The average Bonchev–Trinajstić information content (AvgIpc) is 2.80. The summed E-state index contributed by atoms with van der Waals surface area (Å²) >= 11 is 0. The lowest BCUT2D eigenvalue weighted by molar-refractivity contribution is -0.396. The molecule has 1 aromatic rings. The number of imidazole rings is 1. The Balaban J connectivity index is 2.44. The first-order valence-electron chi connectivity index (χ1n) is 5.44. The topological polar surface area (TPSA) is 174 Å². The van der Waals surface area contributed by atoms with Crippen molar-refractivity contribution in [3.8, 4) is 0 Å². The molecule has 0 amide bonds. The van der Waals surface area contributed by atoms with Crippen LogP contribution < -0.4 is 4.72 Å². The van der Waals surface area contributed by atoms with Crippen molar-refractivity contribution in [2.75, 3.05) is 18.9 Å². The third kappa shape index (κ3) is 6.75. The molecule has 0 fully saturated rings. The molecule has 0 aromatic carbocycles. The van der Waals surface area contributed by atoms with Gasteiger partial charge in [-0.1, -0.05) is 4.98 Å². The predicted octanol–water partition coefficient (Wildman–Crippen LogP) is -1.18. The highest BCUT2D eigenvalue weighted by molar-refractivity contribution is 7.89. The van der Waals surface area contributed by atoms with E-state index in [1.165, 1.54) is 12.4 Å². The fourth-order valence-corrected chi connectivity index (χ4v) is 2.61. The van der Waals surface area contributed by atoms with Crippen molar-refractivity contribution in [1.82, 2.24) is 14.3 Å². The maximum atomic E-state index is 11.6. The van der Waals surface area contributed by atoms with E-state index in [2.05, 4.69) is 9.51 Å². The molecule has 0 radical (unpaired) electrons. The lowest BCUT2D eigenvalue weighted by Crippen LogP contribution is -2.31. The third-order valence-electron chi connectivity index (χ3n) is 2.14. The molecule has 1 heterocycles. The zero-order chi connectivity index (χ0) is 16.1. The second-order valence-corrected chi connectivity index (χ2v) is 6.88. The molecule has 0 bridgehead atoms. The van der Waals surface area contributed by atoms with Crippen LogP contribution in [0.25, 0.3) is 0 Å². The fraction of sp³-hybridized carbons (Fsp3) is 0.571. The highest BCUT2D eigenvalue weighted by Crippen LogP contribution is 2.35. The number of hydrogen-bond donors (Lipinski definition) is 3. The van der Waals surface area contributed by atoms with Gasteiger partial charge in [0, 0.05) is 6.54 Å². The lowest BCUT2D eigenvalue weighted by Gasteiger charge is -2.07. The van der Waals surface area contributed by atoms with Gasteiger partial charge in [0.2, 0.25) is 10.0 Å². The van der Waals surface area contributed by atoms with Gasteiger partial charge in [-0.25, -0.2) is 22.3 Å². The highest BCUT2D eigenvalue weighted by Gasteiger charge is 2.18. The van der Waals surface area contributed by atoms with Gasteiger partial charge in [0.15, 0.2) is 0 Å². The Morgan fingerprint density at radius 2 is 2.19 bits per heavy atom. The summed E-state index contributed by atoms with van der Waals surface area (Å²) in [5, 5.41) is 10.6. The molecule has 0 atom stereocenters. The first kappa shape index (κ1) is 17.7. The minimum atomic E-state index is -4.64. The molecule has 120 valence electrons. The normalized spacial score (nSPS) is 12.5. The summed E-state index contributed by atoms with van der Waals surface area (Å²) in [6.45, 7) is -1.03. The standard InChI is InChI=1S/C7H13N4O8PS/c12-11(13)7-8-1-3-10(7)4-6-21(17,18)9-2-5-19-20(14,15)16/h1,3,9H,2,4-6H2,(H2,14,15,16). The van der Waals surface area contributed by atoms with Crippen molar-refractivity contribution in [2.45, 2.75) is 6.54 Å². The third-order valence-corrected chi connectivity index (χ3v) is 4.02. The van der Waals surface area contributed by atoms with Gasteiger partial charge >= 0.3 is 13.8 Å². The van der Waals surface area contributed by atoms with E-state index in [1.807, 2.05) is 4.72 Å². The maximum Gasteiger partial charge on any atom is 0.469 e. The van der Waals surface area contributed by atoms with Crippen LogP contribution in [0.5, 0.6) is 0 Å². The van der Waals surface area contributed by atoms with Gasteiger partial charge in [-0.2, -0.15) is 0 Å². The molecule has 0 aliphatic heterocycles. The summed E-state index contributed by atoms with van der Waals surface area (Å²) in [5.74, 6) is -0.935. The van der Waals surface area contributed by atoms with E-state index in [9.17, 15) is 23.1 Å². The first-order valence-corrected chi connectivity index (χ1v) is 8.62. The van der Waals surface area contributed by atoms with Crippen molar-refractivity contribution in [3.05, 3.63) is 22.5 Å². The summed E-state index contributed by atoms with van der Waals surface area (Å²) in [4.78, 5) is 30.1. The summed E-state index contributed by atoms with van der Waals surface area (Å²) in [5.41, 5.74) is 0. The number of aryl methyl sites for hydroxylation is 1. The quantitative estimate of drug-likeness (QED) is 0.215.